The van der Waals surface area contributed by atoms with Gasteiger partial charge >= 0.3 is 0 Å². The third kappa shape index (κ3) is 2.09. The van der Waals surface area contributed by atoms with Crippen molar-refractivity contribution in [3.05, 3.63) is 17.3 Å². The second-order valence-corrected chi connectivity index (χ2v) is 7.14. The third-order valence-electron chi connectivity index (χ3n) is 4.60. The molecule has 0 saturated carbocycles. The standard InChI is InChI=1S/C14H19BrN4S/c15-9-12-13(16-14-19(12)7-8-20-14)18-6-5-17-4-2-1-3-11(17)10-18/h7-8,11H,1-6,9-10H2. The third-order valence-corrected chi connectivity index (χ3v) is 5.89. The molecule has 4 heterocycles. The Balaban J connectivity index is 1.64. The smallest absolute Gasteiger partial charge is 0.195 e. The molecule has 0 radical (unpaired) electrons. The molecule has 2 aromatic rings. The average Bonchev–Trinajstić information content (AvgIpc) is 3.07. The quantitative estimate of drug-likeness (QED) is 0.774. The van der Waals surface area contributed by atoms with Crippen molar-refractivity contribution in [2.75, 3.05) is 31.1 Å². The van der Waals surface area contributed by atoms with Crippen LogP contribution in [0, 0.1) is 0 Å². The summed E-state index contributed by atoms with van der Waals surface area (Å²) in [6.07, 6.45) is 6.24. The molecule has 0 bridgehead atoms. The lowest BCUT2D eigenvalue weighted by molar-refractivity contribution is 0.133. The first kappa shape index (κ1) is 13.1. The van der Waals surface area contributed by atoms with Gasteiger partial charge in [0.25, 0.3) is 0 Å². The van der Waals surface area contributed by atoms with E-state index < -0.39 is 0 Å². The maximum atomic E-state index is 4.86. The Morgan fingerprint density at radius 1 is 1.30 bits per heavy atom. The van der Waals surface area contributed by atoms with E-state index in [1.54, 1.807) is 11.3 Å². The maximum Gasteiger partial charge on any atom is 0.195 e. The fourth-order valence-electron chi connectivity index (χ4n) is 3.55. The van der Waals surface area contributed by atoms with Gasteiger partial charge < -0.3 is 4.90 Å². The van der Waals surface area contributed by atoms with E-state index in [2.05, 4.69) is 41.7 Å². The van der Waals surface area contributed by atoms with Gasteiger partial charge in [0.1, 0.15) is 0 Å². The summed E-state index contributed by atoms with van der Waals surface area (Å²) in [5.74, 6) is 1.19. The number of fused-ring (bicyclic) bond motifs is 2. The zero-order valence-corrected chi connectivity index (χ0v) is 13.9. The highest BCUT2D eigenvalue weighted by Crippen LogP contribution is 2.30. The van der Waals surface area contributed by atoms with Gasteiger partial charge in [-0.1, -0.05) is 22.4 Å². The molecule has 20 heavy (non-hydrogen) atoms. The second-order valence-electron chi connectivity index (χ2n) is 5.70. The van der Waals surface area contributed by atoms with E-state index in [4.69, 9.17) is 4.98 Å². The number of rotatable bonds is 2. The lowest BCUT2D eigenvalue weighted by atomic mass is 9.99. The Labute approximate surface area is 131 Å². The minimum absolute atomic E-state index is 0.736. The SMILES string of the molecule is BrCc1c(N2CCN3CCCCC3C2)nc2sccn12. The largest absolute Gasteiger partial charge is 0.352 e. The van der Waals surface area contributed by atoms with Crippen molar-refractivity contribution in [2.45, 2.75) is 30.6 Å². The molecule has 0 amide bonds. The van der Waals surface area contributed by atoms with Crippen LogP contribution in [0.25, 0.3) is 4.96 Å². The van der Waals surface area contributed by atoms with Crippen LogP contribution in [-0.4, -0.2) is 46.5 Å². The lowest BCUT2D eigenvalue weighted by Gasteiger charge is -2.44. The number of aromatic nitrogens is 2. The Bertz CT molecular complexity index is 607. The minimum Gasteiger partial charge on any atom is -0.352 e. The Morgan fingerprint density at radius 2 is 2.25 bits per heavy atom. The molecule has 4 nitrogen and oxygen atoms in total. The number of piperidine rings is 1. The topological polar surface area (TPSA) is 23.8 Å². The molecule has 2 aliphatic rings. The highest BCUT2D eigenvalue weighted by Gasteiger charge is 2.31. The summed E-state index contributed by atoms with van der Waals surface area (Å²) in [5, 5.41) is 2.97. The normalized spacial score (nSPS) is 24.2. The van der Waals surface area contributed by atoms with Crippen molar-refractivity contribution in [2.24, 2.45) is 0 Å². The molecule has 0 spiro atoms. The predicted octanol–water partition coefficient (Wildman–Crippen LogP) is 2.97. The molecule has 4 rings (SSSR count). The summed E-state index contributed by atoms with van der Waals surface area (Å²) in [7, 11) is 0. The van der Waals surface area contributed by atoms with Crippen molar-refractivity contribution in [3.63, 3.8) is 0 Å². The van der Waals surface area contributed by atoms with E-state index >= 15 is 0 Å². The van der Waals surface area contributed by atoms with Gasteiger partial charge in [-0.25, -0.2) is 4.98 Å². The van der Waals surface area contributed by atoms with Crippen molar-refractivity contribution in [1.29, 1.82) is 0 Å². The van der Waals surface area contributed by atoms with E-state index in [-0.39, 0.29) is 0 Å². The van der Waals surface area contributed by atoms with Crippen LogP contribution in [0.15, 0.2) is 11.6 Å². The first-order valence-electron chi connectivity index (χ1n) is 7.36. The van der Waals surface area contributed by atoms with Crippen LogP contribution in [0.1, 0.15) is 25.0 Å². The number of nitrogens with zero attached hydrogens (tertiary/aromatic N) is 4. The fourth-order valence-corrected chi connectivity index (χ4v) is 4.80. The van der Waals surface area contributed by atoms with Gasteiger partial charge in [0.15, 0.2) is 10.8 Å². The van der Waals surface area contributed by atoms with Gasteiger partial charge in [0, 0.05) is 42.6 Å². The molecule has 0 N–H and O–H groups in total. The summed E-state index contributed by atoms with van der Waals surface area (Å²) in [5.41, 5.74) is 1.30. The number of imidazole rings is 1. The summed E-state index contributed by atoms with van der Waals surface area (Å²) in [6.45, 7) is 4.74. The number of anilines is 1. The van der Waals surface area contributed by atoms with Crippen LogP contribution in [0.2, 0.25) is 0 Å². The predicted molar refractivity (Wildman–Crippen MR) is 87.1 cm³/mol. The number of halogens is 1. The molecular weight excluding hydrogens is 336 g/mol. The van der Waals surface area contributed by atoms with Gasteiger partial charge in [0.05, 0.1) is 5.69 Å². The minimum atomic E-state index is 0.736. The monoisotopic (exact) mass is 354 g/mol. The molecule has 6 heteroatoms. The van der Waals surface area contributed by atoms with Gasteiger partial charge in [-0.3, -0.25) is 9.30 Å². The number of thiazole rings is 1. The Morgan fingerprint density at radius 3 is 3.15 bits per heavy atom. The molecule has 0 aliphatic carbocycles. The van der Waals surface area contributed by atoms with Crippen molar-refractivity contribution in [3.8, 4) is 0 Å². The second kappa shape index (κ2) is 5.31. The van der Waals surface area contributed by atoms with E-state index in [0.717, 1.165) is 29.4 Å². The van der Waals surface area contributed by atoms with E-state index in [9.17, 15) is 0 Å². The number of alkyl halides is 1. The first-order chi connectivity index (χ1) is 9.86. The lowest BCUT2D eigenvalue weighted by Crippen LogP contribution is -2.55. The average molecular weight is 355 g/mol. The van der Waals surface area contributed by atoms with Crippen molar-refractivity contribution >= 4 is 38.0 Å². The number of hydrogen-bond acceptors (Lipinski definition) is 4. The van der Waals surface area contributed by atoms with Crippen LogP contribution in [0.3, 0.4) is 0 Å². The van der Waals surface area contributed by atoms with E-state index in [0.29, 0.717) is 0 Å². The van der Waals surface area contributed by atoms with Crippen LogP contribution in [0.5, 0.6) is 0 Å². The molecule has 1 atom stereocenters. The summed E-state index contributed by atoms with van der Waals surface area (Å²) >= 11 is 5.35. The van der Waals surface area contributed by atoms with Gasteiger partial charge in [-0.05, 0) is 19.4 Å². The van der Waals surface area contributed by atoms with Crippen LogP contribution < -0.4 is 4.90 Å². The summed E-state index contributed by atoms with van der Waals surface area (Å²) < 4.78 is 2.22. The zero-order chi connectivity index (χ0) is 13.5. The first-order valence-corrected chi connectivity index (χ1v) is 9.36. The molecule has 2 saturated heterocycles. The Hall–Kier alpha value is -0.590. The molecule has 2 fully saturated rings. The highest BCUT2D eigenvalue weighted by molar-refractivity contribution is 9.08. The molecule has 2 aliphatic heterocycles. The van der Waals surface area contributed by atoms with Crippen LogP contribution >= 0.6 is 27.3 Å². The van der Waals surface area contributed by atoms with Gasteiger partial charge in [-0.15, -0.1) is 11.3 Å². The van der Waals surface area contributed by atoms with E-state index in [1.807, 2.05) is 0 Å². The summed E-state index contributed by atoms with van der Waals surface area (Å²) in [6, 6.07) is 0.736. The molecule has 0 aromatic carbocycles. The number of piperazine rings is 1. The highest BCUT2D eigenvalue weighted by atomic mass is 79.9. The molecular formula is C14H19BrN4S. The van der Waals surface area contributed by atoms with Gasteiger partial charge in [0.2, 0.25) is 0 Å². The summed E-state index contributed by atoms with van der Waals surface area (Å²) in [4.78, 5) is 11.2. The number of hydrogen-bond donors (Lipinski definition) is 0. The molecule has 2 aromatic heterocycles. The Kier molecular flexibility index (Phi) is 3.48. The fraction of sp³-hybridized carbons (Fsp3) is 0.643. The van der Waals surface area contributed by atoms with Crippen LogP contribution in [0.4, 0.5) is 5.82 Å². The van der Waals surface area contributed by atoms with Crippen LogP contribution in [-0.2, 0) is 5.33 Å². The maximum absolute atomic E-state index is 4.86. The molecule has 108 valence electrons. The van der Waals surface area contributed by atoms with Crippen molar-refractivity contribution < 1.29 is 0 Å². The zero-order valence-electron chi connectivity index (χ0n) is 11.5. The molecule has 1 unspecified atom stereocenters. The van der Waals surface area contributed by atoms with Gasteiger partial charge in [-0.2, -0.15) is 0 Å². The van der Waals surface area contributed by atoms with E-state index in [1.165, 1.54) is 43.9 Å². The van der Waals surface area contributed by atoms with Crippen molar-refractivity contribution in [1.82, 2.24) is 14.3 Å².